The number of carbonyl (C=O) groups is 4. The highest BCUT2D eigenvalue weighted by molar-refractivity contribution is 5.96. The summed E-state index contributed by atoms with van der Waals surface area (Å²) in [5.74, 6) is -1.76. The molecule has 4 amide bonds. The summed E-state index contributed by atoms with van der Waals surface area (Å²) in [5.41, 5.74) is 0. The number of nitrogens with one attached hydrogen (secondary N) is 2. The lowest BCUT2D eigenvalue weighted by molar-refractivity contribution is -0.152. The normalized spacial score (nSPS) is 24.1. The highest BCUT2D eigenvalue weighted by Gasteiger charge is 2.39. The lowest BCUT2D eigenvalue weighted by Gasteiger charge is -2.23. The maximum atomic E-state index is 12.1. The van der Waals surface area contributed by atoms with Crippen LogP contribution in [-0.4, -0.2) is 54.0 Å². The van der Waals surface area contributed by atoms with Crippen molar-refractivity contribution in [3.63, 3.8) is 0 Å². The quantitative estimate of drug-likeness (QED) is 0.703. The van der Waals surface area contributed by atoms with Crippen LogP contribution in [0.2, 0.25) is 0 Å². The van der Waals surface area contributed by atoms with Crippen LogP contribution in [0.15, 0.2) is 0 Å². The molecule has 132 valence electrons. The Balaban J connectivity index is 1.39. The zero-order valence-electron chi connectivity index (χ0n) is 13.6. The van der Waals surface area contributed by atoms with E-state index in [-0.39, 0.29) is 24.4 Å². The fourth-order valence-electron chi connectivity index (χ4n) is 3.32. The lowest BCUT2D eigenvalue weighted by Crippen LogP contribution is -2.42. The second-order valence-corrected chi connectivity index (χ2v) is 6.79. The predicted molar refractivity (Wildman–Crippen MR) is 82.7 cm³/mol. The number of rotatable bonds is 5. The van der Waals surface area contributed by atoms with Gasteiger partial charge in [-0.3, -0.25) is 19.7 Å². The number of nitrogens with zero attached hydrogens (tertiary/aromatic N) is 1. The average Bonchev–Trinajstić information content (AvgIpc) is 3.03. The molecule has 8 nitrogen and oxygen atoms in total. The largest absolute Gasteiger partial charge is 0.455 e. The molecule has 1 aliphatic heterocycles. The van der Waals surface area contributed by atoms with E-state index in [1.807, 2.05) is 0 Å². The summed E-state index contributed by atoms with van der Waals surface area (Å²) in [6.07, 6.45) is 6.20. The first-order chi connectivity index (χ1) is 11.5. The average molecular weight is 337 g/mol. The van der Waals surface area contributed by atoms with Crippen molar-refractivity contribution in [3.05, 3.63) is 0 Å². The van der Waals surface area contributed by atoms with E-state index in [0.29, 0.717) is 6.54 Å². The molecular weight excluding hydrogens is 314 g/mol. The summed E-state index contributed by atoms with van der Waals surface area (Å²) >= 11 is 0. The van der Waals surface area contributed by atoms with E-state index >= 15 is 0 Å². The summed E-state index contributed by atoms with van der Waals surface area (Å²) in [6, 6.07) is -0.182. The van der Waals surface area contributed by atoms with Crippen molar-refractivity contribution >= 4 is 23.8 Å². The lowest BCUT2D eigenvalue weighted by atomic mass is 10.1. The Kier molecular flexibility index (Phi) is 5.01. The number of hydrogen-bond donors (Lipinski definition) is 2. The van der Waals surface area contributed by atoms with Crippen LogP contribution >= 0.6 is 0 Å². The van der Waals surface area contributed by atoms with Gasteiger partial charge in [0.25, 0.3) is 5.91 Å². The van der Waals surface area contributed by atoms with Crippen LogP contribution in [0.25, 0.3) is 0 Å². The zero-order valence-corrected chi connectivity index (χ0v) is 13.6. The Bertz CT molecular complexity index is 540. The van der Waals surface area contributed by atoms with Gasteiger partial charge in [-0.05, 0) is 25.7 Å². The fraction of sp³-hybridized carbons (Fsp3) is 0.750. The molecule has 0 aromatic rings. The Labute approximate surface area is 140 Å². The van der Waals surface area contributed by atoms with Gasteiger partial charge < -0.3 is 15.0 Å². The standard InChI is InChI=1S/C16H23N3O5/c20-13(18-16(23)17-11-5-6-11)9-24-15(22)10-7-14(21)19(8-10)12-3-1-2-4-12/h10-12H,1-9H2,(H2,17,18,20,23)/t10-/m1/s1. The van der Waals surface area contributed by atoms with E-state index in [4.69, 9.17) is 4.74 Å². The molecule has 0 spiro atoms. The van der Waals surface area contributed by atoms with Crippen molar-refractivity contribution in [1.29, 1.82) is 0 Å². The number of likely N-dealkylation sites (tertiary alicyclic amines) is 1. The SMILES string of the molecule is O=C(COC(=O)[C@@H]1CC(=O)N(C2CCCC2)C1)NC(=O)NC1CC1. The third-order valence-electron chi connectivity index (χ3n) is 4.77. The second kappa shape index (κ2) is 7.19. The van der Waals surface area contributed by atoms with Gasteiger partial charge in [-0.1, -0.05) is 12.8 Å². The number of ether oxygens (including phenoxy) is 1. The molecule has 0 aromatic heterocycles. The zero-order chi connectivity index (χ0) is 17.1. The summed E-state index contributed by atoms with van der Waals surface area (Å²) in [7, 11) is 0. The number of hydrogen-bond acceptors (Lipinski definition) is 5. The van der Waals surface area contributed by atoms with E-state index in [2.05, 4.69) is 10.6 Å². The topological polar surface area (TPSA) is 105 Å². The van der Waals surface area contributed by atoms with Crippen LogP contribution in [-0.2, 0) is 19.1 Å². The van der Waals surface area contributed by atoms with E-state index in [0.717, 1.165) is 38.5 Å². The Morgan fingerprint density at radius 1 is 1.12 bits per heavy atom. The van der Waals surface area contributed by atoms with Gasteiger partial charge in [-0.25, -0.2) is 4.79 Å². The van der Waals surface area contributed by atoms with Crippen molar-refractivity contribution in [2.24, 2.45) is 5.92 Å². The molecule has 3 fully saturated rings. The number of urea groups is 1. The van der Waals surface area contributed by atoms with E-state index in [9.17, 15) is 19.2 Å². The molecule has 3 rings (SSSR count). The molecule has 24 heavy (non-hydrogen) atoms. The third kappa shape index (κ3) is 4.24. The molecule has 0 aromatic carbocycles. The van der Waals surface area contributed by atoms with Crippen molar-refractivity contribution in [2.45, 2.75) is 57.0 Å². The van der Waals surface area contributed by atoms with Crippen LogP contribution in [0.1, 0.15) is 44.9 Å². The van der Waals surface area contributed by atoms with Gasteiger partial charge in [-0.2, -0.15) is 0 Å². The third-order valence-corrected chi connectivity index (χ3v) is 4.77. The van der Waals surface area contributed by atoms with Crippen LogP contribution in [0.3, 0.4) is 0 Å². The van der Waals surface area contributed by atoms with Gasteiger partial charge in [0.15, 0.2) is 6.61 Å². The van der Waals surface area contributed by atoms with Gasteiger partial charge in [0.1, 0.15) is 0 Å². The van der Waals surface area contributed by atoms with Crippen molar-refractivity contribution < 1.29 is 23.9 Å². The first-order valence-electron chi connectivity index (χ1n) is 8.59. The molecule has 0 radical (unpaired) electrons. The summed E-state index contributed by atoms with van der Waals surface area (Å²) in [5, 5.41) is 4.72. The monoisotopic (exact) mass is 337 g/mol. The summed E-state index contributed by atoms with van der Waals surface area (Å²) in [6.45, 7) is -0.142. The van der Waals surface area contributed by atoms with Gasteiger partial charge in [-0.15, -0.1) is 0 Å². The number of imide groups is 1. The second-order valence-electron chi connectivity index (χ2n) is 6.79. The molecule has 2 aliphatic carbocycles. The van der Waals surface area contributed by atoms with Gasteiger partial charge in [0.2, 0.25) is 5.91 Å². The maximum Gasteiger partial charge on any atom is 0.321 e. The molecule has 1 heterocycles. The molecule has 8 heteroatoms. The van der Waals surface area contributed by atoms with Crippen molar-refractivity contribution in [3.8, 4) is 0 Å². The molecule has 2 N–H and O–H groups in total. The predicted octanol–water partition coefficient (Wildman–Crippen LogP) is 0.309. The van der Waals surface area contributed by atoms with Crippen LogP contribution in [0, 0.1) is 5.92 Å². The molecule has 0 bridgehead atoms. The first-order valence-corrected chi connectivity index (χ1v) is 8.59. The van der Waals surface area contributed by atoms with Crippen LogP contribution < -0.4 is 10.6 Å². The van der Waals surface area contributed by atoms with Gasteiger partial charge >= 0.3 is 12.0 Å². The molecule has 0 unspecified atom stereocenters. The molecular formula is C16H23N3O5. The first kappa shape index (κ1) is 16.7. The highest BCUT2D eigenvalue weighted by atomic mass is 16.5. The van der Waals surface area contributed by atoms with Crippen molar-refractivity contribution in [1.82, 2.24) is 15.5 Å². The molecule has 1 atom stereocenters. The molecule has 1 saturated heterocycles. The van der Waals surface area contributed by atoms with Crippen LogP contribution in [0.4, 0.5) is 4.79 Å². The van der Waals surface area contributed by atoms with Crippen LogP contribution in [0.5, 0.6) is 0 Å². The molecule has 3 aliphatic rings. The fourth-order valence-corrected chi connectivity index (χ4v) is 3.32. The minimum atomic E-state index is -0.668. The van der Waals surface area contributed by atoms with E-state index in [1.165, 1.54) is 0 Å². The Hall–Kier alpha value is -2.12. The number of amides is 4. The maximum absolute atomic E-state index is 12.1. The van der Waals surface area contributed by atoms with Gasteiger partial charge in [0.05, 0.1) is 5.92 Å². The van der Waals surface area contributed by atoms with Crippen molar-refractivity contribution in [2.75, 3.05) is 13.2 Å². The smallest absolute Gasteiger partial charge is 0.321 e. The minimum Gasteiger partial charge on any atom is -0.455 e. The van der Waals surface area contributed by atoms with Gasteiger partial charge in [0, 0.05) is 25.0 Å². The Morgan fingerprint density at radius 2 is 1.83 bits per heavy atom. The van der Waals surface area contributed by atoms with E-state index < -0.39 is 30.4 Å². The Morgan fingerprint density at radius 3 is 2.50 bits per heavy atom. The minimum absolute atomic E-state index is 0.0166. The number of carbonyl (C=O) groups excluding carboxylic acids is 4. The van der Waals surface area contributed by atoms with E-state index in [1.54, 1.807) is 4.90 Å². The highest BCUT2D eigenvalue weighted by Crippen LogP contribution is 2.29. The summed E-state index contributed by atoms with van der Waals surface area (Å²) < 4.78 is 4.96. The number of esters is 1. The molecule has 2 saturated carbocycles. The summed E-state index contributed by atoms with van der Waals surface area (Å²) in [4.78, 5) is 48.9.